The standard InChI is InChI=1S/C14H9BrF2O2/c1-19-12-6-10(8-2-4-9(16)5-3-8)13(15)14(17)11(12)7-18/h2-7H,1H3. The van der Waals surface area contributed by atoms with E-state index in [1.165, 1.54) is 37.4 Å². The van der Waals surface area contributed by atoms with Gasteiger partial charge in [-0.15, -0.1) is 0 Å². The van der Waals surface area contributed by atoms with E-state index >= 15 is 0 Å². The Labute approximate surface area is 117 Å². The van der Waals surface area contributed by atoms with Gasteiger partial charge in [-0.1, -0.05) is 12.1 Å². The summed E-state index contributed by atoms with van der Waals surface area (Å²) in [7, 11) is 1.35. The van der Waals surface area contributed by atoms with Gasteiger partial charge in [0.2, 0.25) is 0 Å². The lowest BCUT2D eigenvalue weighted by atomic mass is 10.0. The second-order valence-electron chi connectivity index (χ2n) is 3.79. The Morgan fingerprint density at radius 3 is 2.37 bits per heavy atom. The van der Waals surface area contributed by atoms with Crippen molar-refractivity contribution in [1.82, 2.24) is 0 Å². The molecule has 0 saturated carbocycles. The molecule has 2 aromatic carbocycles. The van der Waals surface area contributed by atoms with Crippen molar-refractivity contribution < 1.29 is 18.3 Å². The summed E-state index contributed by atoms with van der Waals surface area (Å²) in [5.74, 6) is -0.944. The molecule has 0 heterocycles. The Hall–Kier alpha value is -1.75. The van der Waals surface area contributed by atoms with Gasteiger partial charge in [0.25, 0.3) is 0 Å². The molecule has 0 radical (unpaired) electrons. The predicted octanol–water partition coefficient (Wildman–Crippen LogP) is 4.22. The summed E-state index contributed by atoms with van der Waals surface area (Å²) in [5, 5.41) is 0. The molecule has 5 heteroatoms. The maximum Gasteiger partial charge on any atom is 0.156 e. The van der Waals surface area contributed by atoms with Crippen molar-refractivity contribution >= 4 is 22.2 Å². The van der Waals surface area contributed by atoms with Gasteiger partial charge < -0.3 is 4.74 Å². The summed E-state index contributed by atoms with van der Waals surface area (Å²) >= 11 is 3.11. The molecule has 19 heavy (non-hydrogen) atoms. The van der Waals surface area contributed by atoms with Crippen molar-refractivity contribution in [2.75, 3.05) is 7.11 Å². The van der Waals surface area contributed by atoms with Crippen molar-refractivity contribution in [2.45, 2.75) is 0 Å². The van der Waals surface area contributed by atoms with Gasteiger partial charge in [-0.3, -0.25) is 4.79 Å². The van der Waals surface area contributed by atoms with E-state index in [-0.39, 0.29) is 21.6 Å². The summed E-state index contributed by atoms with van der Waals surface area (Å²) in [6.45, 7) is 0. The molecule has 0 bridgehead atoms. The third-order valence-electron chi connectivity index (χ3n) is 2.70. The average molecular weight is 327 g/mol. The zero-order valence-corrected chi connectivity index (χ0v) is 11.5. The monoisotopic (exact) mass is 326 g/mol. The molecular weight excluding hydrogens is 318 g/mol. The Kier molecular flexibility index (Phi) is 3.95. The fraction of sp³-hybridized carbons (Fsp3) is 0.0714. The lowest BCUT2D eigenvalue weighted by Crippen LogP contribution is -1.98. The lowest BCUT2D eigenvalue weighted by molar-refractivity contribution is 0.111. The largest absolute Gasteiger partial charge is 0.496 e. The zero-order valence-electron chi connectivity index (χ0n) is 9.91. The summed E-state index contributed by atoms with van der Waals surface area (Å²) in [6.07, 6.45) is 0.396. The van der Waals surface area contributed by atoms with Gasteiger partial charge in [0.05, 0.1) is 17.1 Å². The van der Waals surface area contributed by atoms with E-state index in [0.29, 0.717) is 17.4 Å². The molecule has 0 atom stereocenters. The van der Waals surface area contributed by atoms with Crippen LogP contribution in [0.15, 0.2) is 34.8 Å². The number of aldehydes is 1. The van der Waals surface area contributed by atoms with E-state index in [2.05, 4.69) is 15.9 Å². The number of ether oxygens (including phenoxy) is 1. The minimum Gasteiger partial charge on any atom is -0.496 e. The van der Waals surface area contributed by atoms with Crippen molar-refractivity contribution in [2.24, 2.45) is 0 Å². The number of hydrogen-bond donors (Lipinski definition) is 0. The first-order chi connectivity index (χ1) is 9.08. The van der Waals surface area contributed by atoms with Crippen LogP contribution in [0.4, 0.5) is 8.78 Å². The zero-order chi connectivity index (χ0) is 14.0. The first-order valence-corrected chi connectivity index (χ1v) is 6.15. The van der Waals surface area contributed by atoms with E-state index in [1.807, 2.05) is 0 Å². The van der Waals surface area contributed by atoms with Gasteiger partial charge in [0.1, 0.15) is 11.6 Å². The highest BCUT2D eigenvalue weighted by Gasteiger charge is 2.17. The van der Waals surface area contributed by atoms with Crippen molar-refractivity contribution in [3.8, 4) is 16.9 Å². The van der Waals surface area contributed by atoms with Crippen LogP contribution < -0.4 is 4.74 Å². The summed E-state index contributed by atoms with van der Waals surface area (Å²) in [6, 6.07) is 7.13. The third-order valence-corrected chi connectivity index (χ3v) is 3.47. The summed E-state index contributed by atoms with van der Waals surface area (Å²) in [5.41, 5.74) is 0.947. The molecule has 0 aliphatic carbocycles. The molecular formula is C14H9BrF2O2. The van der Waals surface area contributed by atoms with Crippen molar-refractivity contribution in [3.05, 3.63) is 52.0 Å². The highest BCUT2D eigenvalue weighted by atomic mass is 79.9. The van der Waals surface area contributed by atoms with E-state index in [4.69, 9.17) is 4.74 Å². The molecule has 0 aromatic heterocycles. The highest BCUT2D eigenvalue weighted by Crippen LogP contribution is 2.36. The molecule has 98 valence electrons. The smallest absolute Gasteiger partial charge is 0.156 e. The third kappa shape index (κ3) is 2.51. The highest BCUT2D eigenvalue weighted by molar-refractivity contribution is 9.10. The second kappa shape index (κ2) is 5.48. The Morgan fingerprint density at radius 2 is 1.84 bits per heavy atom. The van der Waals surface area contributed by atoms with E-state index in [9.17, 15) is 13.6 Å². The first-order valence-electron chi connectivity index (χ1n) is 5.35. The number of carbonyl (C=O) groups excluding carboxylic acids is 1. The summed E-state index contributed by atoms with van der Waals surface area (Å²) in [4.78, 5) is 10.9. The molecule has 2 aromatic rings. The molecule has 0 unspecified atom stereocenters. The fourth-order valence-electron chi connectivity index (χ4n) is 1.74. The van der Waals surface area contributed by atoms with Crippen LogP contribution in [0.1, 0.15) is 10.4 Å². The number of hydrogen-bond acceptors (Lipinski definition) is 2. The molecule has 2 nitrogen and oxygen atoms in total. The van der Waals surface area contributed by atoms with Crippen LogP contribution in [0.3, 0.4) is 0 Å². The Morgan fingerprint density at radius 1 is 1.21 bits per heavy atom. The van der Waals surface area contributed by atoms with Crippen LogP contribution in [-0.2, 0) is 0 Å². The van der Waals surface area contributed by atoms with Crippen LogP contribution in [0.25, 0.3) is 11.1 Å². The molecule has 2 rings (SSSR count). The minimum absolute atomic E-state index is 0.134. The predicted molar refractivity (Wildman–Crippen MR) is 71.4 cm³/mol. The normalized spacial score (nSPS) is 10.3. The fourth-order valence-corrected chi connectivity index (χ4v) is 2.29. The van der Waals surface area contributed by atoms with Gasteiger partial charge in [-0.25, -0.2) is 8.78 Å². The maximum atomic E-state index is 14.0. The molecule has 0 spiro atoms. The summed E-state index contributed by atoms with van der Waals surface area (Å²) < 4.78 is 32.1. The van der Waals surface area contributed by atoms with Gasteiger partial charge >= 0.3 is 0 Å². The van der Waals surface area contributed by atoms with Gasteiger partial charge in [0, 0.05) is 5.56 Å². The molecule has 0 N–H and O–H groups in total. The SMILES string of the molecule is COc1cc(-c2ccc(F)cc2)c(Br)c(F)c1C=O. The van der Waals surface area contributed by atoms with E-state index < -0.39 is 5.82 Å². The van der Waals surface area contributed by atoms with Crippen LogP contribution in [0.5, 0.6) is 5.75 Å². The van der Waals surface area contributed by atoms with Gasteiger partial charge in [-0.2, -0.15) is 0 Å². The maximum absolute atomic E-state index is 14.0. The molecule has 0 aliphatic heterocycles. The molecule has 0 aliphatic rings. The lowest BCUT2D eigenvalue weighted by Gasteiger charge is -2.11. The quantitative estimate of drug-likeness (QED) is 0.789. The number of carbonyl (C=O) groups is 1. The van der Waals surface area contributed by atoms with Gasteiger partial charge in [-0.05, 0) is 39.7 Å². The minimum atomic E-state index is -0.700. The van der Waals surface area contributed by atoms with Crippen molar-refractivity contribution in [1.29, 1.82) is 0 Å². The first kappa shape index (κ1) is 13.7. The van der Waals surface area contributed by atoms with Crippen LogP contribution in [-0.4, -0.2) is 13.4 Å². The average Bonchev–Trinajstić information content (AvgIpc) is 2.42. The second-order valence-corrected chi connectivity index (χ2v) is 4.59. The van der Waals surface area contributed by atoms with E-state index in [0.717, 1.165) is 0 Å². The van der Waals surface area contributed by atoms with Gasteiger partial charge in [0.15, 0.2) is 12.1 Å². The molecule has 0 saturated heterocycles. The Bertz CT molecular complexity index is 624. The number of halogens is 3. The molecule has 0 amide bonds. The topological polar surface area (TPSA) is 26.3 Å². The number of benzene rings is 2. The van der Waals surface area contributed by atoms with Crippen LogP contribution in [0, 0.1) is 11.6 Å². The number of methoxy groups -OCH3 is 1. The number of rotatable bonds is 3. The van der Waals surface area contributed by atoms with E-state index in [1.54, 1.807) is 0 Å². The van der Waals surface area contributed by atoms with Crippen molar-refractivity contribution in [3.63, 3.8) is 0 Å². The molecule has 0 fully saturated rings. The van der Waals surface area contributed by atoms with Crippen LogP contribution >= 0.6 is 15.9 Å². The van der Waals surface area contributed by atoms with Crippen LogP contribution in [0.2, 0.25) is 0 Å². The Balaban J connectivity index is 2.67.